The number of carbonyl (C=O) groups is 1. The van der Waals surface area contributed by atoms with Crippen LogP contribution in [0.4, 0.5) is 0 Å². The molecule has 1 heterocycles. The van der Waals surface area contributed by atoms with E-state index in [0.29, 0.717) is 12.5 Å². The lowest BCUT2D eigenvalue weighted by Crippen LogP contribution is -2.49. The molecule has 1 aromatic carbocycles. The van der Waals surface area contributed by atoms with E-state index in [0.717, 1.165) is 13.0 Å². The number of likely N-dealkylation sites (tertiary alicyclic amines) is 1. The van der Waals surface area contributed by atoms with E-state index in [1.54, 1.807) is 0 Å². The highest BCUT2D eigenvalue weighted by molar-refractivity contribution is 5.78. The normalized spacial score (nSPS) is 23.0. The molecular formula is C19H30N2O. The van der Waals surface area contributed by atoms with Crippen molar-refractivity contribution in [3.63, 3.8) is 0 Å². The average molecular weight is 302 g/mol. The first-order valence-corrected chi connectivity index (χ1v) is 8.33. The number of rotatable bonds is 2. The maximum atomic E-state index is 12.3. The molecule has 2 N–H and O–H groups in total. The van der Waals surface area contributed by atoms with Gasteiger partial charge in [0, 0.05) is 31.0 Å². The molecule has 0 aromatic heterocycles. The van der Waals surface area contributed by atoms with Gasteiger partial charge in [0.05, 0.1) is 0 Å². The molecule has 3 nitrogen and oxygen atoms in total. The van der Waals surface area contributed by atoms with E-state index >= 15 is 0 Å². The van der Waals surface area contributed by atoms with Crippen molar-refractivity contribution in [2.45, 2.75) is 58.4 Å². The monoisotopic (exact) mass is 302 g/mol. The van der Waals surface area contributed by atoms with Crippen LogP contribution in [-0.4, -0.2) is 29.9 Å². The maximum absolute atomic E-state index is 12.3. The highest BCUT2D eigenvalue weighted by Crippen LogP contribution is 2.29. The topological polar surface area (TPSA) is 46.3 Å². The highest BCUT2D eigenvalue weighted by atomic mass is 16.2. The van der Waals surface area contributed by atoms with E-state index < -0.39 is 0 Å². The van der Waals surface area contributed by atoms with Crippen molar-refractivity contribution in [3.05, 3.63) is 35.4 Å². The molecule has 1 aromatic rings. The van der Waals surface area contributed by atoms with E-state index in [4.69, 9.17) is 5.73 Å². The summed E-state index contributed by atoms with van der Waals surface area (Å²) in [5.74, 6) is 0.598. The van der Waals surface area contributed by atoms with E-state index in [-0.39, 0.29) is 23.3 Å². The molecule has 3 heteroatoms. The first-order valence-electron chi connectivity index (χ1n) is 8.33. The summed E-state index contributed by atoms with van der Waals surface area (Å²) < 4.78 is 0. The molecule has 22 heavy (non-hydrogen) atoms. The molecule has 0 aliphatic carbocycles. The second kappa shape index (κ2) is 6.41. The number of nitrogens with zero attached hydrogens (tertiary/aromatic N) is 1. The summed E-state index contributed by atoms with van der Waals surface area (Å²) in [5.41, 5.74) is 9.00. The Labute approximate surface area is 134 Å². The van der Waals surface area contributed by atoms with Crippen molar-refractivity contribution in [3.8, 4) is 0 Å². The summed E-state index contributed by atoms with van der Waals surface area (Å²) in [5, 5.41) is 0. The van der Waals surface area contributed by atoms with Gasteiger partial charge >= 0.3 is 0 Å². The van der Waals surface area contributed by atoms with Crippen LogP contribution >= 0.6 is 0 Å². The Balaban J connectivity index is 2.15. The Hall–Kier alpha value is -1.35. The molecule has 1 aliphatic rings. The minimum Gasteiger partial charge on any atom is -0.340 e. The van der Waals surface area contributed by atoms with Crippen molar-refractivity contribution in [2.75, 3.05) is 13.1 Å². The Morgan fingerprint density at radius 1 is 1.18 bits per heavy atom. The molecule has 2 rings (SSSR count). The number of carbonyl (C=O) groups excluding carboxylic acids is 1. The van der Waals surface area contributed by atoms with Crippen LogP contribution in [0, 0.1) is 5.92 Å². The molecule has 0 bridgehead atoms. The fraction of sp³-hybridized carbons (Fsp3) is 0.632. The summed E-state index contributed by atoms with van der Waals surface area (Å²) in [6, 6.07) is 8.92. The Bertz CT molecular complexity index is 513. The van der Waals surface area contributed by atoms with Crippen LogP contribution in [0.15, 0.2) is 24.3 Å². The SMILES string of the molecule is CC(C)C(=O)N1CC(N)CC(c2ccc(C(C)(C)C)cc2)C1. The Kier molecular flexibility index (Phi) is 4.96. The van der Waals surface area contributed by atoms with Crippen molar-refractivity contribution >= 4 is 5.91 Å². The Morgan fingerprint density at radius 3 is 2.27 bits per heavy atom. The summed E-state index contributed by atoms with van der Waals surface area (Å²) in [4.78, 5) is 14.2. The molecular weight excluding hydrogens is 272 g/mol. The fourth-order valence-corrected chi connectivity index (χ4v) is 3.18. The number of hydrogen-bond donors (Lipinski definition) is 1. The van der Waals surface area contributed by atoms with Crippen LogP contribution in [0.25, 0.3) is 0 Å². The molecule has 0 spiro atoms. The first-order chi connectivity index (χ1) is 10.2. The van der Waals surface area contributed by atoms with Gasteiger partial charge < -0.3 is 10.6 Å². The zero-order chi connectivity index (χ0) is 16.5. The van der Waals surface area contributed by atoms with Gasteiger partial charge in [-0.2, -0.15) is 0 Å². The van der Waals surface area contributed by atoms with Crippen molar-refractivity contribution in [2.24, 2.45) is 11.7 Å². The van der Waals surface area contributed by atoms with Gasteiger partial charge in [0.1, 0.15) is 0 Å². The molecule has 1 amide bonds. The van der Waals surface area contributed by atoms with Crippen LogP contribution in [-0.2, 0) is 10.2 Å². The zero-order valence-corrected chi connectivity index (χ0v) is 14.6. The summed E-state index contributed by atoms with van der Waals surface area (Å²) in [6.45, 7) is 12.1. The third-order valence-electron chi connectivity index (χ3n) is 4.54. The van der Waals surface area contributed by atoms with Gasteiger partial charge in [-0.15, -0.1) is 0 Å². The molecule has 122 valence electrons. The smallest absolute Gasteiger partial charge is 0.225 e. The quantitative estimate of drug-likeness (QED) is 0.911. The minimum atomic E-state index is 0.0363. The van der Waals surface area contributed by atoms with Crippen LogP contribution < -0.4 is 5.73 Å². The second-order valence-corrected chi connectivity index (χ2v) is 7.96. The average Bonchev–Trinajstić information content (AvgIpc) is 2.45. The first kappa shape index (κ1) is 17.0. The van der Waals surface area contributed by atoms with Crippen LogP contribution in [0.2, 0.25) is 0 Å². The van der Waals surface area contributed by atoms with Crippen LogP contribution in [0.3, 0.4) is 0 Å². The maximum Gasteiger partial charge on any atom is 0.225 e. The van der Waals surface area contributed by atoms with E-state index in [9.17, 15) is 4.79 Å². The van der Waals surface area contributed by atoms with Crippen LogP contribution in [0.1, 0.15) is 58.1 Å². The minimum absolute atomic E-state index is 0.0363. The lowest BCUT2D eigenvalue weighted by molar-refractivity contribution is -0.136. The molecule has 2 unspecified atom stereocenters. The largest absolute Gasteiger partial charge is 0.340 e. The molecule has 2 atom stereocenters. The third kappa shape index (κ3) is 3.89. The third-order valence-corrected chi connectivity index (χ3v) is 4.54. The number of hydrogen-bond acceptors (Lipinski definition) is 2. The number of amides is 1. The van der Waals surface area contributed by atoms with Gasteiger partial charge in [-0.3, -0.25) is 4.79 Å². The van der Waals surface area contributed by atoms with Crippen LogP contribution in [0.5, 0.6) is 0 Å². The van der Waals surface area contributed by atoms with Gasteiger partial charge in [-0.05, 0) is 23.0 Å². The molecule has 0 saturated carbocycles. The molecule has 1 aliphatic heterocycles. The summed E-state index contributed by atoms with van der Waals surface area (Å²) in [6.07, 6.45) is 0.955. The predicted molar refractivity (Wildman–Crippen MR) is 91.9 cm³/mol. The van der Waals surface area contributed by atoms with Gasteiger partial charge in [-0.1, -0.05) is 58.9 Å². The van der Waals surface area contributed by atoms with Gasteiger partial charge in [-0.25, -0.2) is 0 Å². The van der Waals surface area contributed by atoms with Gasteiger partial charge in [0.15, 0.2) is 0 Å². The zero-order valence-electron chi connectivity index (χ0n) is 14.6. The number of piperidine rings is 1. The fourth-order valence-electron chi connectivity index (χ4n) is 3.18. The Morgan fingerprint density at radius 2 is 1.77 bits per heavy atom. The number of nitrogens with two attached hydrogens (primary N) is 1. The predicted octanol–water partition coefficient (Wildman–Crippen LogP) is 3.28. The van der Waals surface area contributed by atoms with E-state index in [2.05, 4.69) is 45.0 Å². The molecule has 0 radical (unpaired) electrons. The molecule has 1 saturated heterocycles. The second-order valence-electron chi connectivity index (χ2n) is 7.96. The number of benzene rings is 1. The van der Waals surface area contributed by atoms with E-state index in [1.165, 1.54) is 11.1 Å². The highest BCUT2D eigenvalue weighted by Gasteiger charge is 2.30. The van der Waals surface area contributed by atoms with Gasteiger partial charge in [0.2, 0.25) is 5.91 Å². The molecule has 1 fully saturated rings. The van der Waals surface area contributed by atoms with Gasteiger partial charge in [0.25, 0.3) is 0 Å². The summed E-state index contributed by atoms with van der Waals surface area (Å²) >= 11 is 0. The van der Waals surface area contributed by atoms with Crippen molar-refractivity contribution in [1.82, 2.24) is 4.90 Å². The van der Waals surface area contributed by atoms with E-state index in [1.807, 2.05) is 18.7 Å². The van der Waals surface area contributed by atoms with Crippen molar-refractivity contribution in [1.29, 1.82) is 0 Å². The van der Waals surface area contributed by atoms with Crippen molar-refractivity contribution < 1.29 is 4.79 Å². The summed E-state index contributed by atoms with van der Waals surface area (Å²) in [7, 11) is 0. The lowest BCUT2D eigenvalue weighted by atomic mass is 9.83. The standard InChI is InChI=1S/C19H30N2O/c1-13(2)18(22)21-11-15(10-17(20)12-21)14-6-8-16(9-7-14)19(3,4)5/h6-9,13,15,17H,10-12,20H2,1-5H3. The lowest BCUT2D eigenvalue weighted by Gasteiger charge is -2.37.